The van der Waals surface area contributed by atoms with E-state index in [0.29, 0.717) is 34.0 Å². The molecule has 0 unspecified atom stereocenters. The highest BCUT2D eigenvalue weighted by atomic mass is 35.5. The van der Waals surface area contributed by atoms with Gasteiger partial charge in [0.2, 0.25) is 0 Å². The van der Waals surface area contributed by atoms with Crippen molar-refractivity contribution in [1.82, 2.24) is 19.4 Å². The van der Waals surface area contributed by atoms with E-state index in [9.17, 15) is 4.79 Å². The van der Waals surface area contributed by atoms with Gasteiger partial charge >= 0.3 is 0 Å². The first-order valence-electron chi connectivity index (χ1n) is 9.25. The molecule has 0 fully saturated rings. The summed E-state index contributed by atoms with van der Waals surface area (Å²) in [7, 11) is 0. The van der Waals surface area contributed by atoms with Crippen LogP contribution in [0.25, 0.3) is 10.9 Å². The van der Waals surface area contributed by atoms with Gasteiger partial charge in [-0.15, -0.1) is 0 Å². The van der Waals surface area contributed by atoms with Crippen LogP contribution < -0.4 is 5.56 Å². The van der Waals surface area contributed by atoms with Crippen molar-refractivity contribution in [1.29, 1.82) is 0 Å². The van der Waals surface area contributed by atoms with Crippen molar-refractivity contribution < 1.29 is 0 Å². The van der Waals surface area contributed by atoms with Crippen molar-refractivity contribution in [2.75, 3.05) is 0 Å². The molecule has 0 atom stereocenters. The summed E-state index contributed by atoms with van der Waals surface area (Å²) in [5, 5.41) is 9.88. The average molecular weight is 406 g/mol. The van der Waals surface area contributed by atoms with Crippen LogP contribution >= 0.6 is 11.6 Å². The molecular formula is C22H20ClN5O. The molecule has 7 heteroatoms. The van der Waals surface area contributed by atoms with Crippen LogP contribution in [0.3, 0.4) is 0 Å². The molecule has 146 valence electrons. The van der Waals surface area contributed by atoms with Crippen molar-refractivity contribution in [2.45, 2.75) is 27.3 Å². The number of hydrogen-bond acceptors (Lipinski definition) is 4. The monoisotopic (exact) mass is 405 g/mol. The predicted octanol–water partition coefficient (Wildman–Crippen LogP) is 4.10. The molecule has 4 aromatic rings. The lowest BCUT2D eigenvalue weighted by molar-refractivity contribution is 0.680. The number of para-hydroxylation sites is 1. The Kier molecular flexibility index (Phi) is 5.03. The van der Waals surface area contributed by atoms with E-state index in [1.165, 1.54) is 10.2 Å². The highest BCUT2D eigenvalue weighted by Gasteiger charge is 2.13. The third-order valence-corrected chi connectivity index (χ3v) is 5.18. The maximum atomic E-state index is 12.8. The fourth-order valence-corrected chi connectivity index (χ4v) is 3.45. The van der Waals surface area contributed by atoms with E-state index in [1.807, 2.05) is 25.1 Å². The van der Waals surface area contributed by atoms with Gasteiger partial charge in [-0.1, -0.05) is 53.6 Å². The van der Waals surface area contributed by atoms with Gasteiger partial charge in [-0.2, -0.15) is 14.9 Å². The number of fused-ring (bicyclic) bond motifs is 1. The Morgan fingerprint density at radius 2 is 1.79 bits per heavy atom. The second kappa shape index (κ2) is 7.64. The SMILES string of the molecule is Cc1ccc(Cn2nc(C)c(C=Nn3c(C)nc4ccccc4c3=O)c2Cl)cc1. The number of halogens is 1. The number of hydrogen-bond donors (Lipinski definition) is 0. The molecule has 2 aromatic carbocycles. The number of nitrogens with zero attached hydrogens (tertiary/aromatic N) is 5. The summed E-state index contributed by atoms with van der Waals surface area (Å²) < 4.78 is 3.02. The Bertz CT molecular complexity index is 1290. The molecule has 29 heavy (non-hydrogen) atoms. The molecular weight excluding hydrogens is 386 g/mol. The molecule has 0 bridgehead atoms. The topological polar surface area (TPSA) is 65.1 Å². The van der Waals surface area contributed by atoms with Crippen LogP contribution in [0.5, 0.6) is 0 Å². The summed E-state index contributed by atoms with van der Waals surface area (Å²) in [6, 6.07) is 15.5. The zero-order valence-corrected chi connectivity index (χ0v) is 17.2. The number of rotatable bonds is 4. The molecule has 0 spiro atoms. The third kappa shape index (κ3) is 3.71. The minimum Gasteiger partial charge on any atom is -0.267 e. The first kappa shape index (κ1) is 19.1. The number of benzene rings is 2. The summed E-state index contributed by atoms with van der Waals surface area (Å²) >= 11 is 6.56. The van der Waals surface area contributed by atoms with E-state index in [4.69, 9.17) is 11.6 Å². The van der Waals surface area contributed by atoms with Crippen molar-refractivity contribution in [3.8, 4) is 0 Å². The molecule has 0 aliphatic carbocycles. The van der Waals surface area contributed by atoms with Gasteiger partial charge in [-0.3, -0.25) is 4.79 Å². The third-order valence-electron chi connectivity index (χ3n) is 4.78. The van der Waals surface area contributed by atoms with Crippen molar-refractivity contribution in [3.05, 3.63) is 92.2 Å². The van der Waals surface area contributed by atoms with Gasteiger partial charge in [0, 0.05) is 0 Å². The summed E-state index contributed by atoms with van der Waals surface area (Å²) in [5.74, 6) is 0.505. The quantitative estimate of drug-likeness (QED) is 0.480. The normalized spacial score (nSPS) is 11.6. The maximum absolute atomic E-state index is 12.8. The second-order valence-corrected chi connectivity index (χ2v) is 7.33. The van der Waals surface area contributed by atoms with Crippen LogP contribution in [0.2, 0.25) is 5.15 Å². The predicted molar refractivity (Wildman–Crippen MR) is 116 cm³/mol. The molecule has 6 nitrogen and oxygen atoms in total. The van der Waals surface area contributed by atoms with Gasteiger partial charge in [-0.25, -0.2) is 9.67 Å². The first-order valence-corrected chi connectivity index (χ1v) is 9.63. The van der Waals surface area contributed by atoms with Crippen molar-refractivity contribution >= 4 is 28.7 Å². The van der Waals surface area contributed by atoms with E-state index < -0.39 is 0 Å². The highest BCUT2D eigenvalue weighted by Crippen LogP contribution is 2.19. The van der Waals surface area contributed by atoms with Gasteiger partial charge < -0.3 is 0 Å². The molecule has 0 saturated heterocycles. The van der Waals surface area contributed by atoms with Crippen LogP contribution in [0.4, 0.5) is 0 Å². The van der Waals surface area contributed by atoms with Crippen LogP contribution in [0.15, 0.2) is 58.4 Å². The Labute approximate surface area is 173 Å². The first-order chi connectivity index (χ1) is 13.9. The lowest BCUT2D eigenvalue weighted by Gasteiger charge is -2.05. The van der Waals surface area contributed by atoms with Crippen LogP contribution in [-0.2, 0) is 6.54 Å². The molecule has 2 aromatic heterocycles. The maximum Gasteiger partial charge on any atom is 0.282 e. The minimum atomic E-state index is -0.217. The van der Waals surface area contributed by atoms with E-state index in [-0.39, 0.29) is 5.56 Å². The molecule has 4 rings (SSSR count). The Hall–Kier alpha value is -3.25. The minimum absolute atomic E-state index is 0.217. The molecule has 2 heterocycles. The van der Waals surface area contributed by atoms with Gasteiger partial charge in [0.1, 0.15) is 11.0 Å². The Morgan fingerprint density at radius 1 is 1.07 bits per heavy atom. The molecule has 0 aliphatic rings. The average Bonchev–Trinajstić information content (AvgIpc) is 2.96. The van der Waals surface area contributed by atoms with E-state index in [2.05, 4.69) is 46.4 Å². The zero-order valence-electron chi connectivity index (χ0n) is 16.4. The number of aromatic nitrogens is 4. The number of aryl methyl sites for hydroxylation is 3. The largest absolute Gasteiger partial charge is 0.282 e. The Morgan fingerprint density at radius 3 is 2.55 bits per heavy atom. The smallest absolute Gasteiger partial charge is 0.267 e. The van der Waals surface area contributed by atoms with Gasteiger partial charge in [0.15, 0.2) is 0 Å². The van der Waals surface area contributed by atoms with Crippen LogP contribution in [0.1, 0.15) is 28.2 Å². The summed E-state index contributed by atoms with van der Waals surface area (Å²) in [5.41, 5.74) is 4.17. The fourth-order valence-electron chi connectivity index (χ4n) is 3.17. The van der Waals surface area contributed by atoms with E-state index >= 15 is 0 Å². The molecule has 0 N–H and O–H groups in total. The van der Waals surface area contributed by atoms with Crippen LogP contribution in [0, 0.1) is 20.8 Å². The molecule has 0 saturated carbocycles. The lowest BCUT2D eigenvalue weighted by atomic mass is 10.1. The molecule has 0 radical (unpaired) electrons. The van der Waals surface area contributed by atoms with Crippen molar-refractivity contribution in [3.63, 3.8) is 0 Å². The van der Waals surface area contributed by atoms with Crippen LogP contribution in [-0.4, -0.2) is 25.7 Å². The van der Waals surface area contributed by atoms with Gasteiger partial charge in [0.05, 0.1) is 34.9 Å². The summed E-state index contributed by atoms with van der Waals surface area (Å²) in [6.45, 7) is 6.23. The van der Waals surface area contributed by atoms with E-state index in [1.54, 1.807) is 23.9 Å². The lowest BCUT2D eigenvalue weighted by Crippen LogP contribution is -2.20. The van der Waals surface area contributed by atoms with E-state index in [0.717, 1.165) is 11.3 Å². The highest BCUT2D eigenvalue weighted by molar-refractivity contribution is 6.32. The van der Waals surface area contributed by atoms with Crippen molar-refractivity contribution in [2.24, 2.45) is 5.10 Å². The molecule has 0 amide bonds. The fraction of sp³-hybridized carbons (Fsp3) is 0.182. The standard InChI is InChI=1S/C22H20ClN5O/c1-14-8-10-17(11-9-14)13-27-21(23)19(15(2)26-27)12-24-28-16(3)25-20-7-5-4-6-18(20)22(28)29/h4-12H,13H2,1-3H3. The summed E-state index contributed by atoms with van der Waals surface area (Å²) in [4.78, 5) is 17.2. The molecule has 0 aliphatic heterocycles. The Balaban J connectivity index is 1.69. The van der Waals surface area contributed by atoms with Gasteiger partial charge in [-0.05, 0) is 38.5 Å². The second-order valence-electron chi connectivity index (χ2n) is 6.97. The zero-order chi connectivity index (χ0) is 20.5. The van der Waals surface area contributed by atoms with Gasteiger partial charge in [0.25, 0.3) is 5.56 Å². The summed E-state index contributed by atoms with van der Waals surface area (Å²) in [6.07, 6.45) is 1.57.